The van der Waals surface area contributed by atoms with Gasteiger partial charge in [0.05, 0.1) is 12.2 Å². The Morgan fingerprint density at radius 2 is 2.00 bits per heavy atom. The molecule has 22 heavy (non-hydrogen) atoms. The second-order valence-electron chi connectivity index (χ2n) is 5.43. The van der Waals surface area contributed by atoms with Crippen molar-refractivity contribution in [1.29, 1.82) is 0 Å². The number of aliphatic imine (C=N–C) groups is 1. The van der Waals surface area contributed by atoms with Gasteiger partial charge in [-0.25, -0.2) is 4.79 Å². The van der Waals surface area contributed by atoms with E-state index in [0.717, 1.165) is 22.7 Å². The molecule has 0 saturated carbocycles. The van der Waals surface area contributed by atoms with Crippen LogP contribution in [0.1, 0.15) is 39.3 Å². The number of ether oxygens (including phenoxy) is 1. The summed E-state index contributed by atoms with van der Waals surface area (Å²) in [6.07, 6.45) is 1.97. The summed E-state index contributed by atoms with van der Waals surface area (Å²) in [6.45, 7) is 8.07. The molecule has 1 aromatic carbocycles. The van der Waals surface area contributed by atoms with Crippen LogP contribution in [-0.4, -0.2) is 18.4 Å². The van der Waals surface area contributed by atoms with Gasteiger partial charge in [0.2, 0.25) is 0 Å². The highest BCUT2D eigenvalue weighted by atomic mass is 16.5. The zero-order valence-corrected chi connectivity index (χ0v) is 13.5. The van der Waals surface area contributed by atoms with Gasteiger partial charge in [-0.3, -0.25) is 4.99 Å². The predicted molar refractivity (Wildman–Crippen MR) is 88.5 cm³/mol. The van der Waals surface area contributed by atoms with Gasteiger partial charge in [0, 0.05) is 5.70 Å². The molecule has 1 N–H and O–H groups in total. The number of hydrogen-bond donors (Lipinski definition) is 1. The molecule has 116 valence electrons. The third kappa shape index (κ3) is 3.64. The number of esters is 1. The van der Waals surface area contributed by atoms with Crippen molar-refractivity contribution >= 4 is 11.8 Å². The van der Waals surface area contributed by atoms with Gasteiger partial charge >= 0.3 is 5.97 Å². The third-order valence-corrected chi connectivity index (χ3v) is 3.30. The fraction of sp³-hybridized carbons (Fsp3) is 0.333. The zero-order chi connectivity index (χ0) is 16.1. The van der Waals surface area contributed by atoms with Crippen LogP contribution in [0.25, 0.3) is 0 Å². The van der Waals surface area contributed by atoms with Gasteiger partial charge < -0.3 is 10.1 Å². The highest BCUT2D eigenvalue weighted by molar-refractivity contribution is 6.00. The zero-order valence-electron chi connectivity index (χ0n) is 13.5. The maximum absolute atomic E-state index is 12.3. The first-order chi connectivity index (χ1) is 10.5. The van der Waals surface area contributed by atoms with Crippen LogP contribution in [0.4, 0.5) is 0 Å². The van der Waals surface area contributed by atoms with Crippen molar-refractivity contribution < 1.29 is 9.53 Å². The highest BCUT2D eigenvalue weighted by Crippen LogP contribution is 2.31. The molecular formula is C18H22N2O2. The van der Waals surface area contributed by atoms with Gasteiger partial charge in [-0.05, 0) is 39.3 Å². The number of allylic oxidation sites excluding steroid dienone is 2. The van der Waals surface area contributed by atoms with Crippen LogP contribution in [-0.2, 0) is 9.53 Å². The Morgan fingerprint density at radius 3 is 2.59 bits per heavy atom. The van der Waals surface area contributed by atoms with E-state index in [9.17, 15) is 4.79 Å². The Kier molecular flexibility index (Phi) is 5.15. The minimum atomic E-state index is -0.341. The van der Waals surface area contributed by atoms with Gasteiger partial charge in [0.25, 0.3) is 0 Å². The Bertz CT molecular complexity index is 638. The average Bonchev–Trinajstić information content (AvgIpc) is 2.47. The molecule has 0 radical (unpaired) electrons. The average molecular weight is 298 g/mol. The van der Waals surface area contributed by atoms with E-state index in [4.69, 9.17) is 9.73 Å². The van der Waals surface area contributed by atoms with Gasteiger partial charge in [0.1, 0.15) is 11.9 Å². The summed E-state index contributed by atoms with van der Waals surface area (Å²) in [7, 11) is 0. The lowest BCUT2D eigenvalue weighted by atomic mass is 9.96. The fourth-order valence-corrected chi connectivity index (χ4v) is 2.40. The largest absolute Gasteiger partial charge is 0.463 e. The van der Waals surface area contributed by atoms with Crippen molar-refractivity contribution in [3.8, 4) is 0 Å². The molecule has 1 atom stereocenters. The monoisotopic (exact) mass is 298 g/mol. The first-order valence-corrected chi connectivity index (χ1v) is 7.45. The van der Waals surface area contributed by atoms with Crippen molar-refractivity contribution in [3.05, 3.63) is 58.8 Å². The van der Waals surface area contributed by atoms with E-state index in [1.165, 1.54) is 0 Å². The molecule has 0 fully saturated rings. The molecule has 1 heterocycles. The summed E-state index contributed by atoms with van der Waals surface area (Å²) in [4.78, 5) is 17.0. The van der Waals surface area contributed by atoms with Crippen molar-refractivity contribution in [2.24, 2.45) is 4.99 Å². The van der Waals surface area contributed by atoms with Crippen molar-refractivity contribution in [3.63, 3.8) is 0 Å². The van der Waals surface area contributed by atoms with Crippen LogP contribution in [0.15, 0.2) is 58.2 Å². The first-order valence-electron chi connectivity index (χ1n) is 7.45. The van der Waals surface area contributed by atoms with Gasteiger partial charge in [-0.1, -0.05) is 35.9 Å². The maximum Gasteiger partial charge on any atom is 0.338 e. The quantitative estimate of drug-likeness (QED) is 0.865. The lowest BCUT2D eigenvalue weighted by Crippen LogP contribution is -2.31. The fourth-order valence-electron chi connectivity index (χ4n) is 2.40. The SMILES string of the molecule is CCOC(=O)C1=C(C)NC(C=C(C)C)=NC1c1ccccc1. The summed E-state index contributed by atoms with van der Waals surface area (Å²) in [6, 6.07) is 9.47. The molecule has 0 aliphatic carbocycles. The van der Waals surface area contributed by atoms with Gasteiger partial charge in [0.15, 0.2) is 0 Å². The normalized spacial score (nSPS) is 17.5. The van der Waals surface area contributed by atoms with Crippen molar-refractivity contribution in [2.45, 2.75) is 33.7 Å². The van der Waals surface area contributed by atoms with Crippen molar-refractivity contribution in [1.82, 2.24) is 5.32 Å². The highest BCUT2D eigenvalue weighted by Gasteiger charge is 2.29. The lowest BCUT2D eigenvalue weighted by molar-refractivity contribution is -0.138. The number of nitrogens with zero attached hydrogens (tertiary/aromatic N) is 1. The summed E-state index contributed by atoms with van der Waals surface area (Å²) < 4.78 is 5.20. The van der Waals surface area contributed by atoms with E-state index in [0.29, 0.717) is 12.2 Å². The van der Waals surface area contributed by atoms with Crippen LogP contribution >= 0.6 is 0 Å². The molecule has 0 bridgehead atoms. The summed E-state index contributed by atoms with van der Waals surface area (Å²) in [5.41, 5.74) is 3.48. The molecule has 1 aromatic rings. The molecule has 1 aliphatic heterocycles. The Balaban J connectivity index is 2.47. The van der Waals surface area contributed by atoms with Crippen LogP contribution in [0.5, 0.6) is 0 Å². The molecule has 4 nitrogen and oxygen atoms in total. The minimum absolute atomic E-state index is 0.318. The molecule has 1 unspecified atom stereocenters. The summed E-state index contributed by atoms with van der Waals surface area (Å²) in [5.74, 6) is 0.445. The van der Waals surface area contributed by atoms with E-state index >= 15 is 0 Å². The number of hydrogen-bond acceptors (Lipinski definition) is 4. The van der Waals surface area contributed by atoms with Crippen LogP contribution in [0.2, 0.25) is 0 Å². The molecular weight excluding hydrogens is 276 g/mol. The Labute approximate surface area is 131 Å². The van der Waals surface area contributed by atoms with Gasteiger partial charge in [-0.15, -0.1) is 0 Å². The number of nitrogens with one attached hydrogen (secondary N) is 1. The smallest absolute Gasteiger partial charge is 0.338 e. The molecule has 2 rings (SSSR count). The second kappa shape index (κ2) is 7.07. The number of carbonyl (C=O) groups is 1. The third-order valence-electron chi connectivity index (χ3n) is 3.30. The van der Waals surface area contributed by atoms with Gasteiger partial charge in [-0.2, -0.15) is 0 Å². The van der Waals surface area contributed by atoms with Crippen LogP contribution < -0.4 is 5.32 Å². The Hall–Kier alpha value is -2.36. The van der Waals surface area contributed by atoms with Crippen LogP contribution in [0, 0.1) is 0 Å². The lowest BCUT2D eigenvalue weighted by Gasteiger charge is -2.25. The topological polar surface area (TPSA) is 50.7 Å². The van der Waals surface area contributed by atoms with E-state index in [2.05, 4.69) is 5.32 Å². The number of amidine groups is 1. The molecule has 4 heteroatoms. The molecule has 0 amide bonds. The Morgan fingerprint density at radius 1 is 1.32 bits per heavy atom. The molecule has 0 spiro atoms. The molecule has 0 aromatic heterocycles. The number of rotatable bonds is 4. The number of carbonyl (C=O) groups excluding carboxylic acids is 1. The van der Waals surface area contributed by atoms with E-state index in [1.807, 2.05) is 57.2 Å². The first kappa shape index (κ1) is 16.0. The maximum atomic E-state index is 12.3. The number of benzene rings is 1. The second-order valence-corrected chi connectivity index (χ2v) is 5.43. The standard InChI is InChI=1S/C18H22N2O2/c1-5-22-18(21)16-13(4)19-15(11-12(2)3)20-17(16)14-9-7-6-8-10-14/h6-11,17H,5H2,1-4H3,(H,19,20). The predicted octanol–water partition coefficient (Wildman–Crippen LogP) is 3.53. The minimum Gasteiger partial charge on any atom is -0.463 e. The van der Waals surface area contributed by atoms with E-state index < -0.39 is 0 Å². The van der Waals surface area contributed by atoms with Crippen LogP contribution in [0.3, 0.4) is 0 Å². The van der Waals surface area contributed by atoms with E-state index in [1.54, 1.807) is 6.92 Å². The molecule has 1 aliphatic rings. The van der Waals surface area contributed by atoms with Crippen molar-refractivity contribution in [2.75, 3.05) is 6.61 Å². The molecule has 0 saturated heterocycles. The summed E-state index contributed by atoms with van der Waals surface area (Å²) in [5, 5.41) is 3.19. The summed E-state index contributed by atoms with van der Waals surface area (Å²) >= 11 is 0. The van der Waals surface area contributed by atoms with E-state index in [-0.39, 0.29) is 12.0 Å².